The average molecular weight is 278 g/mol. The molecule has 0 aliphatic rings. The first-order valence-electron chi connectivity index (χ1n) is 4.74. The minimum Gasteiger partial charge on any atom is -0.267 e. The van der Waals surface area contributed by atoms with Crippen molar-refractivity contribution in [3.8, 4) is 11.3 Å². The molecule has 80 valence electrons. The average Bonchev–Trinajstić information content (AvgIpc) is 2.81. The van der Waals surface area contributed by atoms with Crippen molar-refractivity contribution in [1.82, 2.24) is 24.4 Å². The van der Waals surface area contributed by atoms with Crippen molar-refractivity contribution >= 4 is 21.6 Å². The number of nitrogens with zero attached hydrogens (tertiary/aromatic N) is 5. The van der Waals surface area contributed by atoms with Gasteiger partial charge in [-0.25, -0.2) is 9.50 Å². The van der Waals surface area contributed by atoms with E-state index in [0.717, 1.165) is 21.5 Å². The van der Waals surface area contributed by atoms with Crippen LogP contribution in [-0.2, 0) is 7.05 Å². The lowest BCUT2D eigenvalue weighted by Crippen LogP contribution is -1.94. The molecular weight excluding hydrogens is 270 g/mol. The van der Waals surface area contributed by atoms with Crippen LogP contribution in [0.25, 0.3) is 16.9 Å². The summed E-state index contributed by atoms with van der Waals surface area (Å²) in [5.74, 6) is 0. The molecule has 0 radical (unpaired) electrons. The highest BCUT2D eigenvalue weighted by atomic mass is 79.9. The molecule has 3 rings (SSSR count). The van der Waals surface area contributed by atoms with Crippen LogP contribution < -0.4 is 0 Å². The Morgan fingerprint density at radius 1 is 1.38 bits per heavy atom. The van der Waals surface area contributed by atoms with Crippen molar-refractivity contribution in [3.63, 3.8) is 0 Å². The van der Waals surface area contributed by atoms with E-state index in [1.165, 1.54) is 0 Å². The smallest absolute Gasteiger partial charge is 0.164 e. The number of rotatable bonds is 1. The van der Waals surface area contributed by atoms with Crippen molar-refractivity contribution in [2.45, 2.75) is 0 Å². The predicted molar refractivity (Wildman–Crippen MR) is 62.9 cm³/mol. The second-order valence-corrected chi connectivity index (χ2v) is 4.23. The summed E-state index contributed by atoms with van der Waals surface area (Å²) < 4.78 is 4.35. The third-order valence-electron chi connectivity index (χ3n) is 2.41. The summed E-state index contributed by atoms with van der Waals surface area (Å²) in [5, 5.41) is 8.49. The Labute approximate surface area is 99.9 Å². The molecular formula is C10H8BrN5. The monoisotopic (exact) mass is 277 g/mol. The highest BCUT2D eigenvalue weighted by molar-refractivity contribution is 9.10. The summed E-state index contributed by atoms with van der Waals surface area (Å²) in [6.07, 6.45) is 5.43. The van der Waals surface area contributed by atoms with Crippen LogP contribution >= 0.6 is 15.9 Å². The van der Waals surface area contributed by atoms with Gasteiger partial charge in [0, 0.05) is 19.4 Å². The van der Waals surface area contributed by atoms with Crippen molar-refractivity contribution < 1.29 is 0 Å². The summed E-state index contributed by atoms with van der Waals surface area (Å²) in [5.41, 5.74) is 2.79. The fourth-order valence-corrected chi connectivity index (χ4v) is 2.15. The van der Waals surface area contributed by atoms with E-state index < -0.39 is 0 Å². The molecule has 0 aliphatic carbocycles. The molecule has 0 bridgehead atoms. The number of aryl methyl sites for hydroxylation is 1. The Balaban J connectivity index is 2.30. The van der Waals surface area contributed by atoms with E-state index in [4.69, 9.17) is 0 Å². The second kappa shape index (κ2) is 3.41. The Kier molecular flexibility index (Phi) is 2.03. The van der Waals surface area contributed by atoms with E-state index in [9.17, 15) is 0 Å². The van der Waals surface area contributed by atoms with Crippen LogP contribution in [0.1, 0.15) is 0 Å². The molecule has 0 saturated carbocycles. The normalized spacial score (nSPS) is 11.1. The summed E-state index contributed by atoms with van der Waals surface area (Å²) in [7, 11) is 1.90. The van der Waals surface area contributed by atoms with Gasteiger partial charge in [-0.3, -0.25) is 4.68 Å². The zero-order chi connectivity index (χ0) is 11.1. The zero-order valence-corrected chi connectivity index (χ0v) is 10.1. The van der Waals surface area contributed by atoms with Gasteiger partial charge in [-0.1, -0.05) is 0 Å². The number of halogens is 1. The largest absolute Gasteiger partial charge is 0.267 e. The maximum atomic E-state index is 4.31. The van der Waals surface area contributed by atoms with Gasteiger partial charge in [0.05, 0.1) is 17.5 Å². The van der Waals surface area contributed by atoms with E-state index in [-0.39, 0.29) is 0 Å². The van der Waals surface area contributed by atoms with E-state index >= 15 is 0 Å². The SMILES string of the molecule is Cn1nc(Br)cc1-c1cnn2cccnc12. The van der Waals surface area contributed by atoms with E-state index in [1.54, 1.807) is 21.6 Å². The fraction of sp³-hybridized carbons (Fsp3) is 0.100. The third kappa shape index (κ3) is 1.34. The number of hydrogen-bond donors (Lipinski definition) is 0. The van der Waals surface area contributed by atoms with E-state index in [1.807, 2.05) is 25.4 Å². The Bertz CT molecular complexity index is 654. The van der Waals surface area contributed by atoms with E-state index in [2.05, 4.69) is 31.1 Å². The van der Waals surface area contributed by atoms with Crippen LogP contribution in [0, 0.1) is 0 Å². The molecule has 0 atom stereocenters. The summed E-state index contributed by atoms with van der Waals surface area (Å²) in [6, 6.07) is 3.80. The van der Waals surface area contributed by atoms with Crippen LogP contribution in [0.15, 0.2) is 35.3 Å². The quantitative estimate of drug-likeness (QED) is 0.683. The maximum Gasteiger partial charge on any atom is 0.164 e. The van der Waals surface area contributed by atoms with Crippen molar-refractivity contribution in [3.05, 3.63) is 35.3 Å². The van der Waals surface area contributed by atoms with Crippen molar-refractivity contribution in [2.24, 2.45) is 7.05 Å². The van der Waals surface area contributed by atoms with E-state index in [0.29, 0.717) is 0 Å². The molecule has 0 spiro atoms. The Morgan fingerprint density at radius 2 is 2.25 bits per heavy atom. The molecule has 3 aromatic heterocycles. The van der Waals surface area contributed by atoms with Gasteiger partial charge in [0.15, 0.2) is 5.65 Å². The van der Waals surface area contributed by atoms with Crippen LogP contribution in [0.5, 0.6) is 0 Å². The van der Waals surface area contributed by atoms with Crippen LogP contribution in [-0.4, -0.2) is 24.4 Å². The number of aromatic nitrogens is 5. The maximum absolute atomic E-state index is 4.31. The standard InChI is InChI=1S/C10H8BrN5/c1-15-8(5-9(11)14-15)7-6-13-16-4-2-3-12-10(7)16/h2-6H,1H3. The molecule has 0 aliphatic heterocycles. The highest BCUT2D eigenvalue weighted by Gasteiger charge is 2.11. The second-order valence-electron chi connectivity index (χ2n) is 3.42. The minimum atomic E-state index is 0.806. The van der Waals surface area contributed by atoms with Crippen molar-refractivity contribution in [2.75, 3.05) is 0 Å². The van der Waals surface area contributed by atoms with Crippen molar-refractivity contribution in [1.29, 1.82) is 0 Å². The molecule has 5 nitrogen and oxygen atoms in total. The molecule has 3 aromatic rings. The van der Waals surface area contributed by atoms with Gasteiger partial charge in [0.25, 0.3) is 0 Å². The van der Waals surface area contributed by atoms with Gasteiger partial charge in [-0.2, -0.15) is 10.2 Å². The molecule has 6 heteroatoms. The molecule has 16 heavy (non-hydrogen) atoms. The lowest BCUT2D eigenvalue weighted by Gasteiger charge is -1.98. The first kappa shape index (κ1) is 9.53. The van der Waals surface area contributed by atoms with Gasteiger partial charge in [-0.05, 0) is 28.1 Å². The summed E-state index contributed by atoms with van der Waals surface area (Å²) in [6.45, 7) is 0. The molecule has 0 amide bonds. The van der Waals surface area contributed by atoms with Gasteiger partial charge < -0.3 is 0 Å². The minimum absolute atomic E-state index is 0.806. The first-order chi connectivity index (χ1) is 7.75. The summed E-state index contributed by atoms with van der Waals surface area (Å²) >= 11 is 3.35. The van der Waals surface area contributed by atoms with Gasteiger partial charge in [0.1, 0.15) is 4.60 Å². The predicted octanol–water partition coefficient (Wildman–Crippen LogP) is 1.89. The molecule has 0 unspecified atom stereocenters. The number of hydrogen-bond acceptors (Lipinski definition) is 3. The topological polar surface area (TPSA) is 48.0 Å². The first-order valence-corrected chi connectivity index (χ1v) is 5.53. The molecule has 0 fully saturated rings. The molecule has 3 heterocycles. The van der Waals surface area contributed by atoms with Crippen LogP contribution in [0.4, 0.5) is 0 Å². The Hall–Kier alpha value is -1.69. The highest BCUT2D eigenvalue weighted by Crippen LogP contribution is 2.24. The Morgan fingerprint density at radius 3 is 3.00 bits per heavy atom. The zero-order valence-electron chi connectivity index (χ0n) is 8.50. The molecule has 0 aromatic carbocycles. The fourth-order valence-electron chi connectivity index (χ4n) is 1.69. The third-order valence-corrected chi connectivity index (χ3v) is 2.79. The molecule has 0 N–H and O–H groups in total. The lowest BCUT2D eigenvalue weighted by molar-refractivity contribution is 0.769. The number of fused-ring (bicyclic) bond motifs is 1. The van der Waals surface area contributed by atoms with Gasteiger partial charge in [0.2, 0.25) is 0 Å². The molecule has 0 saturated heterocycles. The lowest BCUT2D eigenvalue weighted by atomic mass is 10.2. The summed E-state index contributed by atoms with van der Waals surface area (Å²) in [4.78, 5) is 4.31. The van der Waals surface area contributed by atoms with Crippen LogP contribution in [0.3, 0.4) is 0 Å². The van der Waals surface area contributed by atoms with Gasteiger partial charge in [-0.15, -0.1) is 0 Å². The van der Waals surface area contributed by atoms with Gasteiger partial charge >= 0.3 is 0 Å². The van der Waals surface area contributed by atoms with Crippen LogP contribution in [0.2, 0.25) is 0 Å².